The van der Waals surface area contributed by atoms with Crippen LogP contribution in [0.5, 0.6) is 0 Å². The first kappa shape index (κ1) is 15.2. The first-order valence-electron chi connectivity index (χ1n) is 7.58. The summed E-state index contributed by atoms with van der Waals surface area (Å²) < 4.78 is 5.96. The molecular weight excluding hydrogens is 298 g/mol. The summed E-state index contributed by atoms with van der Waals surface area (Å²) in [6.45, 7) is 1.88. The van der Waals surface area contributed by atoms with E-state index >= 15 is 0 Å². The number of rotatable bonds is 4. The summed E-state index contributed by atoms with van der Waals surface area (Å²) in [5.74, 6) is -0.0418. The molecule has 3 heterocycles. The van der Waals surface area contributed by atoms with Gasteiger partial charge in [-0.05, 0) is 43.1 Å². The van der Waals surface area contributed by atoms with Crippen molar-refractivity contribution in [2.45, 2.75) is 31.8 Å². The van der Waals surface area contributed by atoms with Gasteiger partial charge in [0.15, 0.2) is 0 Å². The van der Waals surface area contributed by atoms with Crippen molar-refractivity contribution in [2.24, 2.45) is 7.05 Å². The summed E-state index contributed by atoms with van der Waals surface area (Å²) in [5.41, 5.74) is 2.93. The van der Waals surface area contributed by atoms with Crippen LogP contribution in [-0.2, 0) is 13.6 Å². The van der Waals surface area contributed by atoms with Crippen LogP contribution in [0.1, 0.15) is 47.2 Å². The summed E-state index contributed by atoms with van der Waals surface area (Å²) >= 11 is 1.39. The Morgan fingerprint density at radius 1 is 1.45 bits per heavy atom. The van der Waals surface area contributed by atoms with Crippen LogP contribution in [0.4, 0.5) is 0 Å². The van der Waals surface area contributed by atoms with Crippen molar-refractivity contribution < 1.29 is 4.79 Å². The smallest absolute Gasteiger partial charge is 0.267 e. The van der Waals surface area contributed by atoms with E-state index in [2.05, 4.69) is 25.9 Å². The SMILES string of the molecule is CNC(=O)c1ccc([C@H]2CCCCN2Cc2csnn2)n1C. The first-order chi connectivity index (χ1) is 10.7. The molecule has 1 amide bonds. The highest BCUT2D eigenvalue weighted by atomic mass is 32.1. The van der Waals surface area contributed by atoms with Crippen LogP contribution >= 0.6 is 11.5 Å². The van der Waals surface area contributed by atoms with Crippen molar-refractivity contribution in [3.05, 3.63) is 34.6 Å². The summed E-state index contributed by atoms with van der Waals surface area (Å²) in [5, 5.41) is 8.87. The van der Waals surface area contributed by atoms with Gasteiger partial charge in [0.1, 0.15) is 5.69 Å². The number of nitrogens with one attached hydrogen (secondary N) is 1. The zero-order chi connectivity index (χ0) is 15.5. The zero-order valence-electron chi connectivity index (χ0n) is 13.0. The van der Waals surface area contributed by atoms with Crippen molar-refractivity contribution in [1.29, 1.82) is 0 Å². The van der Waals surface area contributed by atoms with Gasteiger partial charge in [0.25, 0.3) is 5.91 Å². The highest BCUT2D eigenvalue weighted by Crippen LogP contribution is 2.32. The Hall–Kier alpha value is -1.73. The second-order valence-electron chi connectivity index (χ2n) is 5.66. The first-order valence-corrected chi connectivity index (χ1v) is 8.42. The Morgan fingerprint density at radius 2 is 2.32 bits per heavy atom. The van der Waals surface area contributed by atoms with Crippen LogP contribution in [0, 0.1) is 0 Å². The van der Waals surface area contributed by atoms with Gasteiger partial charge in [0, 0.05) is 31.7 Å². The van der Waals surface area contributed by atoms with Gasteiger partial charge in [-0.25, -0.2) is 0 Å². The minimum atomic E-state index is -0.0418. The van der Waals surface area contributed by atoms with E-state index in [1.165, 1.54) is 30.1 Å². The maximum absolute atomic E-state index is 11.9. The monoisotopic (exact) mass is 319 g/mol. The van der Waals surface area contributed by atoms with Crippen LogP contribution in [0.15, 0.2) is 17.5 Å². The normalized spacial score (nSPS) is 19.3. The molecule has 6 nitrogen and oxygen atoms in total. The van der Waals surface area contributed by atoms with Gasteiger partial charge in [-0.3, -0.25) is 9.69 Å². The molecule has 1 atom stereocenters. The number of aromatic nitrogens is 3. The lowest BCUT2D eigenvalue weighted by Gasteiger charge is -2.35. The van der Waals surface area contributed by atoms with Gasteiger partial charge in [0.2, 0.25) is 0 Å². The van der Waals surface area contributed by atoms with E-state index < -0.39 is 0 Å². The summed E-state index contributed by atoms with van der Waals surface area (Å²) in [6.07, 6.45) is 3.54. The number of carbonyl (C=O) groups excluding carboxylic acids is 1. The van der Waals surface area contributed by atoms with Crippen molar-refractivity contribution in [3.8, 4) is 0 Å². The number of hydrogen-bond donors (Lipinski definition) is 1. The third-order valence-electron chi connectivity index (χ3n) is 4.35. The van der Waals surface area contributed by atoms with Gasteiger partial charge >= 0.3 is 0 Å². The van der Waals surface area contributed by atoms with Crippen LogP contribution in [0.2, 0.25) is 0 Å². The molecule has 0 saturated carbocycles. The molecular formula is C15H21N5OS. The molecule has 0 aromatic carbocycles. The molecule has 0 aliphatic carbocycles. The Kier molecular flexibility index (Phi) is 4.54. The molecule has 0 radical (unpaired) electrons. The van der Waals surface area contributed by atoms with E-state index in [4.69, 9.17) is 0 Å². The summed E-state index contributed by atoms with van der Waals surface area (Å²) in [7, 11) is 3.63. The highest BCUT2D eigenvalue weighted by Gasteiger charge is 2.27. The summed E-state index contributed by atoms with van der Waals surface area (Å²) in [4.78, 5) is 14.4. The van der Waals surface area contributed by atoms with Gasteiger partial charge in [-0.2, -0.15) is 0 Å². The zero-order valence-corrected chi connectivity index (χ0v) is 13.8. The Labute approximate surface area is 134 Å². The van der Waals surface area contributed by atoms with Gasteiger partial charge < -0.3 is 9.88 Å². The van der Waals surface area contributed by atoms with E-state index in [0.717, 1.165) is 25.2 Å². The van der Waals surface area contributed by atoms with Gasteiger partial charge in [-0.15, -0.1) is 5.10 Å². The predicted molar refractivity (Wildman–Crippen MR) is 85.7 cm³/mol. The molecule has 1 N–H and O–H groups in total. The van der Waals surface area contributed by atoms with Crippen LogP contribution in [0.25, 0.3) is 0 Å². The topological polar surface area (TPSA) is 63.1 Å². The maximum atomic E-state index is 11.9. The fraction of sp³-hybridized carbons (Fsp3) is 0.533. The largest absolute Gasteiger partial charge is 0.354 e. The molecule has 1 fully saturated rings. The molecule has 7 heteroatoms. The number of piperidine rings is 1. The Morgan fingerprint density at radius 3 is 3.05 bits per heavy atom. The highest BCUT2D eigenvalue weighted by molar-refractivity contribution is 7.03. The molecule has 3 rings (SSSR count). The quantitative estimate of drug-likeness (QED) is 0.936. The maximum Gasteiger partial charge on any atom is 0.267 e. The lowest BCUT2D eigenvalue weighted by Crippen LogP contribution is -2.34. The molecule has 1 saturated heterocycles. The lowest BCUT2D eigenvalue weighted by atomic mass is 9.99. The average molecular weight is 319 g/mol. The molecule has 0 unspecified atom stereocenters. The number of carbonyl (C=O) groups is 1. The summed E-state index contributed by atoms with van der Waals surface area (Å²) in [6, 6.07) is 4.32. The predicted octanol–water partition coefficient (Wildman–Crippen LogP) is 1.96. The molecule has 118 valence electrons. The van der Waals surface area contributed by atoms with Crippen molar-refractivity contribution in [3.63, 3.8) is 0 Å². The molecule has 2 aromatic rings. The second kappa shape index (κ2) is 6.58. The number of nitrogens with zero attached hydrogens (tertiary/aromatic N) is 4. The van der Waals surface area contributed by atoms with Crippen LogP contribution in [-0.4, -0.2) is 38.6 Å². The Balaban J connectivity index is 1.84. The van der Waals surface area contributed by atoms with E-state index in [-0.39, 0.29) is 5.91 Å². The van der Waals surface area contributed by atoms with E-state index in [9.17, 15) is 4.79 Å². The second-order valence-corrected chi connectivity index (χ2v) is 6.27. The lowest BCUT2D eigenvalue weighted by molar-refractivity contribution is 0.0952. The third kappa shape index (κ3) is 2.91. The fourth-order valence-corrected chi connectivity index (χ4v) is 3.64. The van der Waals surface area contributed by atoms with Crippen LogP contribution < -0.4 is 5.32 Å². The van der Waals surface area contributed by atoms with Crippen molar-refractivity contribution in [1.82, 2.24) is 24.4 Å². The van der Waals surface area contributed by atoms with Gasteiger partial charge in [0.05, 0.1) is 11.7 Å². The number of likely N-dealkylation sites (tertiary alicyclic amines) is 1. The third-order valence-corrected chi connectivity index (χ3v) is 4.90. The standard InChI is InChI=1S/C15H21N5OS/c1-16-15(21)14-7-6-12(19(14)2)13-5-3-4-8-20(13)9-11-10-22-18-17-11/h6-7,10,13H,3-5,8-9H2,1-2H3,(H,16,21)/t13-/m1/s1. The molecule has 22 heavy (non-hydrogen) atoms. The number of hydrogen-bond acceptors (Lipinski definition) is 5. The van der Waals surface area contributed by atoms with Crippen LogP contribution in [0.3, 0.4) is 0 Å². The minimum absolute atomic E-state index is 0.0418. The van der Waals surface area contributed by atoms with Crippen molar-refractivity contribution in [2.75, 3.05) is 13.6 Å². The molecule has 1 aliphatic rings. The Bertz CT molecular complexity index is 636. The van der Waals surface area contributed by atoms with E-state index in [1.54, 1.807) is 7.05 Å². The molecule has 0 bridgehead atoms. The van der Waals surface area contributed by atoms with E-state index in [1.807, 2.05) is 23.1 Å². The number of amides is 1. The minimum Gasteiger partial charge on any atom is -0.354 e. The molecule has 2 aromatic heterocycles. The van der Waals surface area contributed by atoms with E-state index in [0.29, 0.717) is 11.7 Å². The average Bonchev–Trinajstić information content (AvgIpc) is 3.17. The van der Waals surface area contributed by atoms with Crippen molar-refractivity contribution >= 4 is 17.4 Å². The fourth-order valence-electron chi connectivity index (χ4n) is 3.19. The molecule has 1 aliphatic heterocycles. The molecule has 0 spiro atoms. The van der Waals surface area contributed by atoms with Gasteiger partial charge in [-0.1, -0.05) is 10.9 Å².